The topological polar surface area (TPSA) is 76.7 Å². The van der Waals surface area contributed by atoms with Crippen LogP contribution in [-0.4, -0.2) is 25.0 Å². The molecule has 2 amide bonds. The number of thiophene rings is 1. The standard InChI is InChI=1S/C26H28N2O4S/c1-4-31-23-13-10-19(15-24(23)32-5-2)17-27-26(30)22(16-21-7-6-14-33-21)28-25(29)20-11-8-18(3)9-12-20/h6-16H,4-5,17H2,1-3H3,(H,27,30)(H,28,29)/b22-16-. The monoisotopic (exact) mass is 464 g/mol. The molecule has 0 unspecified atom stereocenters. The molecule has 0 bridgehead atoms. The van der Waals surface area contributed by atoms with Gasteiger partial charge in [0, 0.05) is 17.0 Å². The number of carbonyl (C=O) groups is 2. The zero-order valence-electron chi connectivity index (χ0n) is 19.0. The number of carbonyl (C=O) groups excluding carboxylic acids is 2. The number of amides is 2. The van der Waals surface area contributed by atoms with Crippen molar-refractivity contribution in [3.8, 4) is 11.5 Å². The zero-order chi connectivity index (χ0) is 23.6. The maximum absolute atomic E-state index is 13.0. The van der Waals surface area contributed by atoms with E-state index in [4.69, 9.17) is 9.47 Å². The molecule has 0 aliphatic heterocycles. The van der Waals surface area contributed by atoms with Crippen LogP contribution in [0.2, 0.25) is 0 Å². The van der Waals surface area contributed by atoms with E-state index in [0.29, 0.717) is 30.3 Å². The van der Waals surface area contributed by atoms with Gasteiger partial charge in [-0.25, -0.2) is 0 Å². The van der Waals surface area contributed by atoms with Crippen molar-refractivity contribution in [2.75, 3.05) is 13.2 Å². The highest BCUT2D eigenvalue weighted by Gasteiger charge is 2.15. The molecule has 2 aromatic carbocycles. The third-order valence-corrected chi connectivity index (χ3v) is 5.52. The molecule has 0 saturated heterocycles. The number of benzene rings is 2. The van der Waals surface area contributed by atoms with Gasteiger partial charge in [-0.05, 0) is 68.1 Å². The smallest absolute Gasteiger partial charge is 0.268 e. The lowest BCUT2D eigenvalue weighted by Crippen LogP contribution is -2.34. The molecule has 7 heteroatoms. The first kappa shape index (κ1) is 24.1. The predicted octanol–water partition coefficient (Wildman–Crippen LogP) is 4.94. The third-order valence-electron chi connectivity index (χ3n) is 4.70. The van der Waals surface area contributed by atoms with Crippen LogP contribution in [0.25, 0.3) is 6.08 Å². The highest BCUT2D eigenvalue weighted by molar-refractivity contribution is 7.10. The molecular formula is C26H28N2O4S. The molecular weight excluding hydrogens is 436 g/mol. The maximum Gasteiger partial charge on any atom is 0.268 e. The lowest BCUT2D eigenvalue weighted by molar-refractivity contribution is -0.117. The number of ether oxygens (including phenoxy) is 2. The van der Waals surface area contributed by atoms with Crippen molar-refractivity contribution in [2.24, 2.45) is 0 Å². The van der Waals surface area contributed by atoms with Gasteiger partial charge in [0.2, 0.25) is 0 Å². The number of rotatable bonds is 10. The molecule has 2 N–H and O–H groups in total. The first-order valence-electron chi connectivity index (χ1n) is 10.8. The molecule has 0 aliphatic carbocycles. The summed E-state index contributed by atoms with van der Waals surface area (Å²) in [5.74, 6) is 0.578. The molecule has 3 aromatic rings. The number of hydrogen-bond donors (Lipinski definition) is 2. The van der Waals surface area contributed by atoms with Gasteiger partial charge >= 0.3 is 0 Å². The van der Waals surface area contributed by atoms with Crippen molar-refractivity contribution in [1.82, 2.24) is 10.6 Å². The first-order valence-corrected chi connectivity index (χ1v) is 11.7. The van der Waals surface area contributed by atoms with Gasteiger partial charge in [0.1, 0.15) is 5.70 Å². The maximum atomic E-state index is 13.0. The van der Waals surface area contributed by atoms with Crippen molar-refractivity contribution in [2.45, 2.75) is 27.3 Å². The van der Waals surface area contributed by atoms with Crippen molar-refractivity contribution >= 4 is 29.2 Å². The van der Waals surface area contributed by atoms with Crippen LogP contribution < -0.4 is 20.1 Å². The third kappa shape index (κ3) is 6.95. The highest BCUT2D eigenvalue weighted by atomic mass is 32.1. The van der Waals surface area contributed by atoms with Crippen LogP contribution >= 0.6 is 11.3 Å². The average Bonchev–Trinajstić information content (AvgIpc) is 3.32. The second kappa shape index (κ2) is 11.9. The Kier molecular flexibility index (Phi) is 8.66. The Hall–Kier alpha value is -3.58. The summed E-state index contributed by atoms with van der Waals surface area (Å²) in [5, 5.41) is 7.56. The molecule has 6 nitrogen and oxygen atoms in total. The predicted molar refractivity (Wildman–Crippen MR) is 132 cm³/mol. The van der Waals surface area contributed by atoms with E-state index in [-0.39, 0.29) is 24.1 Å². The van der Waals surface area contributed by atoms with Gasteiger partial charge < -0.3 is 20.1 Å². The van der Waals surface area contributed by atoms with Crippen LogP contribution in [-0.2, 0) is 11.3 Å². The Morgan fingerprint density at radius 3 is 2.36 bits per heavy atom. The average molecular weight is 465 g/mol. The van der Waals surface area contributed by atoms with E-state index in [1.165, 1.54) is 11.3 Å². The molecule has 0 atom stereocenters. The van der Waals surface area contributed by atoms with Gasteiger partial charge in [0.15, 0.2) is 11.5 Å². The Labute approximate surface area is 198 Å². The minimum atomic E-state index is -0.379. The molecule has 0 fully saturated rings. The fourth-order valence-corrected chi connectivity index (χ4v) is 3.71. The van der Waals surface area contributed by atoms with E-state index in [1.807, 2.05) is 68.6 Å². The van der Waals surface area contributed by atoms with Gasteiger partial charge in [-0.2, -0.15) is 0 Å². The van der Waals surface area contributed by atoms with E-state index in [0.717, 1.165) is 16.0 Å². The van der Waals surface area contributed by atoms with E-state index in [9.17, 15) is 9.59 Å². The lowest BCUT2D eigenvalue weighted by atomic mass is 10.1. The SMILES string of the molecule is CCOc1ccc(CNC(=O)/C(=C/c2cccs2)NC(=O)c2ccc(C)cc2)cc1OCC. The molecule has 0 saturated carbocycles. The number of aryl methyl sites for hydroxylation is 1. The molecule has 1 heterocycles. The quantitative estimate of drug-likeness (QED) is 0.417. The van der Waals surface area contributed by atoms with Crippen LogP contribution in [0.15, 0.2) is 65.7 Å². The molecule has 3 rings (SSSR count). The second-order valence-electron chi connectivity index (χ2n) is 7.22. The Morgan fingerprint density at radius 1 is 0.970 bits per heavy atom. The Bertz CT molecular complexity index is 1110. The van der Waals surface area contributed by atoms with Crippen molar-refractivity contribution in [3.63, 3.8) is 0 Å². The number of nitrogens with one attached hydrogen (secondary N) is 2. The minimum Gasteiger partial charge on any atom is -0.490 e. The summed E-state index contributed by atoms with van der Waals surface area (Å²) in [6, 6.07) is 16.5. The fraction of sp³-hybridized carbons (Fsp3) is 0.231. The fourth-order valence-electron chi connectivity index (χ4n) is 3.06. The van der Waals surface area contributed by atoms with Gasteiger partial charge in [-0.3, -0.25) is 9.59 Å². The molecule has 33 heavy (non-hydrogen) atoms. The summed E-state index contributed by atoms with van der Waals surface area (Å²) >= 11 is 1.48. The molecule has 0 aliphatic rings. The molecule has 0 spiro atoms. The largest absolute Gasteiger partial charge is 0.490 e. The van der Waals surface area contributed by atoms with Crippen molar-refractivity contribution < 1.29 is 19.1 Å². The Morgan fingerprint density at radius 2 is 1.70 bits per heavy atom. The normalized spacial score (nSPS) is 11.1. The lowest BCUT2D eigenvalue weighted by Gasteiger charge is -2.14. The van der Waals surface area contributed by atoms with Gasteiger partial charge in [-0.15, -0.1) is 11.3 Å². The zero-order valence-corrected chi connectivity index (χ0v) is 19.8. The Balaban J connectivity index is 1.74. The molecule has 0 radical (unpaired) electrons. The van der Waals surface area contributed by atoms with Crippen molar-refractivity contribution in [1.29, 1.82) is 0 Å². The first-order chi connectivity index (χ1) is 16.0. The summed E-state index contributed by atoms with van der Waals surface area (Å²) in [4.78, 5) is 26.6. The highest BCUT2D eigenvalue weighted by Crippen LogP contribution is 2.28. The number of hydrogen-bond acceptors (Lipinski definition) is 5. The van der Waals surface area contributed by atoms with Crippen LogP contribution in [0.5, 0.6) is 11.5 Å². The van der Waals surface area contributed by atoms with E-state index < -0.39 is 0 Å². The molecule has 1 aromatic heterocycles. The van der Waals surface area contributed by atoms with E-state index >= 15 is 0 Å². The van der Waals surface area contributed by atoms with Crippen LogP contribution in [0.3, 0.4) is 0 Å². The second-order valence-corrected chi connectivity index (χ2v) is 8.20. The molecule has 172 valence electrons. The van der Waals surface area contributed by atoms with Gasteiger partial charge in [-0.1, -0.05) is 29.8 Å². The van der Waals surface area contributed by atoms with Crippen LogP contribution in [0.4, 0.5) is 0 Å². The van der Waals surface area contributed by atoms with Crippen molar-refractivity contribution in [3.05, 3.63) is 87.2 Å². The summed E-state index contributed by atoms with van der Waals surface area (Å²) < 4.78 is 11.3. The summed E-state index contributed by atoms with van der Waals surface area (Å²) in [5.41, 5.74) is 2.58. The minimum absolute atomic E-state index is 0.180. The summed E-state index contributed by atoms with van der Waals surface area (Å²) in [6.07, 6.45) is 1.68. The summed E-state index contributed by atoms with van der Waals surface area (Å²) in [7, 11) is 0. The van der Waals surface area contributed by atoms with E-state index in [2.05, 4.69) is 10.6 Å². The van der Waals surface area contributed by atoms with Crippen LogP contribution in [0.1, 0.15) is 40.2 Å². The van der Waals surface area contributed by atoms with Crippen LogP contribution in [0, 0.1) is 6.92 Å². The van der Waals surface area contributed by atoms with Gasteiger partial charge in [0.25, 0.3) is 11.8 Å². The van der Waals surface area contributed by atoms with E-state index in [1.54, 1.807) is 18.2 Å². The summed E-state index contributed by atoms with van der Waals surface area (Å²) in [6.45, 7) is 7.09. The van der Waals surface area contributed by atoms with Gasteiger partial charge in [0.05, 0.1) is 13.2 Å².